The molecular weight excluding hydrogens is 268 g/mol. The molecule has 2 atom stereocenters. The molecule has 0 unspecified atom stereocenters. The Balaban J connectivity index is 2.06. The van der Waals surface area contributed by atoms with Gasteiger partial charge >= 0.3 is 0 Å². The summed E-state index contributed by atoms with van der Waals surface area (Å²) in [6.45, 7) is 5.14. The van der Waals surface area contributed by atoms with Crippen LogP contribution in [0.2, 0.25) is 0 Å². The third-order valence-corrected chi connectivity index (χ3v) is 4.14. The molecule has 1 aliphatic rings. The van der Waals surface area contributed by atoms with Crippen LogP contribution in [-0.2, 0) is 23.1 Å². The van der Waals surface area contributed by atoms with E-state index in [4.69, 9.17) is 4.74 Å². The second-order valence-electron chi connectivity index (χ2n) is 6.15. The van der Waals surface area contributed by atoms with Gasteiger partial charge in [-0.3, -0.25) is 14.4 Å². The van der Waals surface area contributed by atoms with Gasteiger partial charge in [-0.25, -0.2) is 0 Å². The van der Waals surface area contributed by atoms with Gasteiger partial charge in [-0.15, -0.1) is 0 Å². The van der Waals surface area contributed by atoms with E-state index in [0.29, 0.717) is 6.61 Å². The Morgan fingerprint density at radius 2 is 2.19 bits per heavy atom. The normalized spacial score (nSPS) is 22.7. The molecule has 1 aliphatic heterocycles. The van der Waals surface area contributed by atoms with Crippen molar-refractivity contribution in [1.29, 1.82) is 0 Å². The van der Waals surface area contributed by atoms with Crippen molar-refractivity contribution < 1.29 is 9.53 Å². The van der Waals surface area contributed by atoms with E-state index in [1.165, 1.54) is 5.69 Å². The lowest BCUT2D eigenvalue weighted by Crippen LogP contribution is -2.35. The summed E-state index contributed by atoms with van der Waals surface area (Å²) in [5.74, 6) is 0.481. The van der Waals surface area contributed by atoms with Gasteiger partial charge in [-0.1, -0.05) is 0 Å². The average molecular weight is 294 g/mol. The molecule has 6 heteroatoms. The lowest BCUT2D eigenvalue weighted by Gasteiger charge is -2.20. The highest BCUT2D eigenvalue weighted by molar-refractivity contribution is 5.79. The summed E-state index contributed by atoms with van der Waals surface area (Å²) in [5, 5.41) is 4.38. The summed E-state index contributed by atoms with van der Waals surface area (Å²) in [6, 6.07) is 2.10. The molecule has 6 nitrogen and oxygen atoms in total. The molecule has 2 rings (SSSR count). The lowest BCUT2D eigenvalue weighted by molar-refractivity contribution is -0.134. The number of nitrogens with zero attached hydrogens (tertiary/aromatic N) is 4. The highest BCUT2D eigenvalue weighted by atomic mass is 16.5. The monoisotopic (exact) mass is 294 g/mol. The molecule has 1 saturated heterocycles. The summed E-state index contributed by atoms with van der Waals surface area (Å²) in [4.78, 5) is 16.3. The van der Waals surface area contributed by atoms with Crippen LogP contribution in [0.25, 0.3) is 0 Å². The van der Waals surface area contributed by atoms with Crippen LogP contribution >= 0.6 is 0 Å². The maximum Gasteiger partial charge on any atom is 0.226 e. The summed E-state index contributed by atoms with van der Waals surface area (Å²) in [7, 11) is 7.30. The standard InChI is InChI=1S/C15H26N4O2/c1-11-6-13(18(4)16-11)8-19-7-12(10-21-5)14(9-19)15(20)17(2)3/h6,12,14H,7-10H2,1-5H3/t12-,14+/m0/s1. The fourth-order valence-corrected chi connectivity index (χ4v) is 3.13. The molecule has 1 fully saturated rings. The topological polar surface area (TPSA) is 50.6 Å². The van der Waals surface area contributed by atoms with E-state index < -0.39 is 0 Å². The first-order valence-electron chi connectivity index (χ1n) is 7.34. The molecule has 1 amide bonds. The van der Waals surface area contributed by atoms with Crippen LogP contribution in [0.3, 0.4) is 0 Å². The van der Waals surface area contributed by atoms with Crippen molar-refractivity contribution in [1.82, 2.24) is 19.6 Å². The first-order valence-corrected chi connectivity index (χ1v) is 7.34. The van der Waals surface area contributed by atoms with Gasteiger partial charge in [0.25, 0.3) is 0 Å². The zero-order valence-corrected chi connectivity index (χ0v) is 13.7. The largest absolute Gasteiger partial charge is 0.384 e. The predicted octanol–water partition coefficient (Wildman–Crippen LogP) is 0.511. The Morgan fingerprint density at radius 3 is 2.71 bits per heavy atom. The molecule has 0 aromatic carbocycles. The molecule has 0 N–H and O–H groups in total. The molecule has 0 saturated carbocycles. The van der Waals surface area contributed by atoms with Crippen molar-refractivity contribution in [2.24, 2.45) is 18.9 Å². The van der Waals surface area contributed by atoms with Crippen molar-refractivity contribution in [3.05, 3.63) is 17.5 Å². The Bertz CT molecular complexity index is 498. The first-order chi connectivity index (χ1) is 9.92. The van der Waals surface area contributed by atoms with Gasteiger partial charge < -0.3 is 9.64 Å². The van der Waals surface area contributed by atoms with Gasteiger partial charge in [-0.05, 0) is 13.0 Å². The number of methoxy groups -OCH3 is 1. The summed E-state index contributed by atoms with van der Waals surface area (Å²) < 4.78 is 7.22. The first kappa shape index (κ1) is 16.0. The Morgan fingerprint density at radius 1 is 1.48 bits per heavy atom. The predicted molar refractivity (Wildman–Crippen MR) is 80.8 cm³/mol. The molecule has 0 spiro atoms. The van der Waals surface area contributed by atoms with Crippen LogP contribution in [0.1, 0.15) is 11.4 Å². The molecule has 1 aromatic rings. The molecule has 21 heavy (non-hydrogen) atoms. The van der Waals surface area contributed by atoms with E-state index in [-0.39, 0.29) is 17.7 Å². The SMILES string of the molecule is COC[C@@H]1CN(Cc2cc(C)nn2C)C[C@H]1C(=O)N(C)C. The second-order valence-corrected chi connectivity index (χ2v) is 6.15. The number of carbonyl (C=O) groups excluding carboxylic acids is 1. The third-order valence-electron chi connectivity index (χ3n) is 4.14. The highest BCUT2D eigenvalue weighted by Crippen LogP contribution is 2.26. The molecule has 118 valence electrons. The van der Waals surface area contributed by atoms with Gasteiger partial charge in [-0.2, -0.15) is 5.10 Å². The zero-order valence-electron chi connectivity index (χ0n) is 13.7. The van der Waals surface area contributed by atoms with E-state index in [1.807, 2.05) is 32.7 Å². The minimum absolute atomic E-state index is 0.0225. The van der Waals surface area contributed by atoms with E-state index in [1.54, 1.807) is 12.0 Å². The number of aryl methyl sites for hydroxylation is 2. The zero-order chi connectivity index (χ0) is 15.6. The van der Waals surface area contributed by atoms with Crippen LogP contribution in [0.4, 0.5) is 0 Å². The van der Waals surface area contributed by atoms with Gasteiger partial charge in [0.2, 0.25) is 5.91 Å². The Hall–Kier alpha value is -1.40. The molecule has 2 heterocycles. The smallest absolute Gasteiger partial charge is 0.226 e. The fraction of sp³-hybridized carbons (Fsp3) is 0.733. The van der Waals surface area contributed by atoms with Crippen LogP contribution in [0.5, 0.6) is 0 Å². The van der Waals surface area contributed by atoms with Crippen molar-refractivity contribution >= 4 is 5.91 Å². The number of likely N-dealkylation sites (tertiary alicyclic amines) is 1. The second kappa shape index (κ2) is 6.58. The molecule has 1 aromatic heterocycles. The Labute approximate surface area is 126 Å². The van der Waals surface area contributed by atoms with E-state index in [9.17, 15) is 4.79 Å². The number of carbonyl (C=O) groups is 1. The maximum atomic E-state index is 12.3. The molecule has 0 aliphatic carbocycles. The van der Waals surface area contributed by atoms with Gasteiger partial charge in [0.15, 0.2) is 0 Å². The number of rotatable bonds is 5. The highest BCUT2D eigenvalue weighted by Gasteiger charge is 2.38. The van der Waals surface area contributed by atoms with Gasteiger partial charge in [0, 0.05) is 53.8 Å². The van der Waals surface area contributed by atoms with E-state index in [0.717, 1.165) is 25.3 Å². The fourth-order valence-electron chi connectivity index (χ4n) is 3.13. The minimum atomic E-state index is 0.0225. The number of aromatic nitrogens is 2. The van der Waals surface area contributed by atoms with Crippen molar-refractivity contribution in [2.75, 3.05) is 40.9 Å². The maximum absolute atomic E-state index is 12.3. The van der Waals surface area contributed by atoms with Crippen LogP contribution in [0.15, 0.2) is 6.07 Å². The van der Waals surface area contributed by atoms with Gasteiger partial charge in [0.1, 0.15) is 0 Å². The lowest BCUT2D eigenvalue weighted by atomic mass is 9.96. The quantitative estimate of drug-likeness (QED) is 0.794. The summed E-state index contributed by atoms with van der Waals surface area (Å²) in [5.41, 5.74) is 2.21. The Kier molecular flexibility index (Phi) is 5.00. The molecule has 0 radical (unpaired) electrons. The van der Waals surface area contributed by atoms with Crippen LogP contribution < -0.4 is 0 Å². The minimum Gasteiger partial charge on any atom is -0.384 e. The molecular formula is C15H26N4O2. The van der Waals surface area contributed by atoms with Crippen LogP contribution in [0, 0.1) is 18.8 Å². The summed E-state index contributed by atoms with van der Waals surface area (Å²) >= 11 is 0. The van der Waals surface area contributed by atoms with Crippen molar-refractivity contribution in [2.45, 2.75) is 13.5 Å². The van der Waals surface area contributed by atoms with Crippen molar-refractivity contribution in [3.63, 3.8) is 0 Å². The molecule has 0 bridgehead atoms. The van der Waals surface area contributed by atoms with Gasteiger partial charge in [0.05, 0.1) is 23.9 Å². The van der Waals surface area contributed by atoms with Crippen molar-refractivity contribution in [3.8, 4) is 0 Å². The number of hydrogen-bond donors (Lipinski definition) is 0. The van der Waals surface area contributed by atoms with Crippen LogP contribution in [-0.4, -0.2) is 66.4 Å². The number of amides is 1. The van der Waals surface area contributed by atoms with E-state index in [2.05, 4.69) is 16.1 Å². The average Bonchev–Trinajstić information content (AvgIpc) is 2.93. The summed E-state index contributed by atoms with van der Waals surface area (Å²) in [6.07, 6.45) is 0. The van der Waals surface area contributed by atoms with E-state index >= 15 is 0 Å². The number of ether oxygens (including phenoxy) is 1. The third kappa shape index (κ3) is 3.63. The number of hydrogen-bond acceptors (Lipinski definition) is 4.